The number of aliphatic carboxylic acids is 2. The molecule has 5 N–H and O–H groups in total. The number of halogens is 6. The molecule has 2 aromatic heterocycles. The van der Waals surface area contributed by atoms with Crippen molar-refractivity contribution in [2.75, 3.05) is 0 Å². The van der Waals surface area contributed by atoms with E-state index in [1.807, 2.05) is 95.3 Å². The number of carbonyl (C=O) groups excluding carboxylic acids is 2. The van der Waals surface area contributed by atoms with Gasteiger partial charge in [0.1, 0.15) is 24.5 Å². The number of fused-ring (bicyclic) bond motifs is 1. The highest BCUT2D eigenvalue weighted by Gasteiger charge is 2.38. The lowest BCUT2D eigenvalue weighted by Crippen LogP contribution is -2.37. The number of rotatable bonds is 6. The minimum atomic E-state index is -5.19. The second-order valence-electron chi connectivity index (χ2n) is 8.93. The Bertz CT molecular complexity index is 1610. The normalized spacial score (nSPS) is 11.0. The highest BCUT2D eigenvalue weighted by atomic mass is 19.4. The third-order valence-corrected chi connectivity index (χ3v) is 5.60. The van der Waals surface area contributed by atoms with Crippen molar-refractivity contribution >= 4 is 34.6 Å². The molecule has 0 spiro atoms. The van der Waals surface area contributed by atoms with Crippen LogP contribution >= 0.6 is 0 Å². The molecule has 0 atom stereocenters. The molecular formula is C28H25F6N5O5. The zero-order chi connectivity index (χ0) is 33.2. The molecule has 4 aromatic rings. The zero-order valence-corrected chi connectivity index (χ0v) is 22.7. The minimum Gasteiger partial charge on any atom is -0.542 e. The number of hydrogen-bond acceptors (Lipinski definition) is 5. The van der Waals surface area contributed by atoms with Gasteiger partial charge in [0.05, 0.1) is 0 Å². The Balaban J connectivity index is 0.000000402. The fraction of sp³-hybridized carbons (Fsp3) is 0.179. The maximum Gasteiger partial charge on any atom is 0.490 e. The van der Waals surface area contributed by atoms with Gasteiger partial charge in [-0.1, -0.05) is 36.4 Å². The van der Waals surface area contributed by atoms with Crippen LogP contribution in [0.15, 0.2) is 79.1 Å². The van der Waals surface area contributed by atoms with Crippen LogP contribution in [0.5, 0.6) is 0 Å². The molecule has 44 heavy (non-hydrogen) atoms. The van der Waals surface area contributed by atoms with Crippen molar-refractivity contribution in [3.05, 3.63) is 102 Å². The van der Waals surface area contributed by atoms with E-state index in [1.54, 1.807) is 0 Å². The Morgan fingerprint density at radius 3 is 2.02 bits per heavy atom. The van der Waals surface area contributed by atoms with Crippen molar-refractivity contribution in [1.29, 1.82) is 5.41 Å². The zero-order valence-electron chi connectivity index (χ0n) is 22.7. The van der Waals surface area contributed by atoms with Crippen LogP contribution in [-0.2, 0) is 29.7 Å². The van der Waals surface area contributed by atoms with E-state index in [0.717, 1.165) is 22.0 Å². The number of aryl methyl sites for hydroxylation is 1. The first-order valence-electron chi connectivity index (χ1n) is 12.2. The minimum absolute atomic E-state index is 0.0310. The maximum absolute atomic E-state index is 13.0. The Kier molecular flexibility index (Phi) is 11.6. The number of amidine groups is 1. The molecule has 0 saturated heterocycles. The highest BCUT2D eigenvalue weighted by molar-refractivity contribution is 5.99. The highest BCUT2D eigenvalue weighted by Crippen LogP contribution is 2.22. The number of nitrogens with two attached hydrogens (primary N) is 1. The lowest BCUT2D eigenvalue weighted by Gasteiger charge is -2.12. The standard InChI is InChI=1S/C24H23N5O.2C2HF3O2/c1-28-11-9-17(10-12-28)15-27-24(30)22-14-19-6-2-3-8-21(19)29(22)16-18-5-4-7-20(13-18)23(25)26;2*3-2(4,5)1(6)7/h2-14H,15-16H2,1H3,(H3-,25,26,27,30);2*(H,6,7). The van der Waals surface area contributed by atoms with Crippen molar-refractivity contribution in [2.24, 2.45) is 12.8 Å². The number of hydrogen-bond donors (Lipinski definition) is 4. The van der Waals surface area contributed by atoms with Gasteiger partial charge in [0.15, 0.2) is 12.4 Å². The summed E-state index contributed by atoms with van der Waals surface area (Å²) in [7, 11) is 1.96. The lowest BCUT2D eigenvalue weighted by molar-refractivity contribution is -0.671. The van der Waals surface area contributed by atoms with Crippen molar-refractivity contribution in [3.63, 3.8) is 0 Å². The van der Waals surface area contributed by atoms with E-state index in [2.05, 4.69) is 5.32 Å². The van der Waals surface area contributed by atoms with Gasteiger partial charge in [0, 0.05) is 41.7 Å². The SMILES string of the molecule is C[n+]1ccc(CNC(=O)c2cc3ccccc3n2Cc2cccc(C(=N)N)c2)cc1.O=C(O)C(F)(F)F.O=C([O-])C(F)(F)F. The van der Waals surface area contributed by atoms with E-state index >= 15 is 0 Å². The molecule has 0 bridgehead atoms. The van der Waals surface area contributed by atoms with Crippen LogP contribution in [-0.4, -0.2) is 45.7 Å². The molecule has 0 aliphatic rings. The maximum atomic E-state index is 13.0. The van der Waals surface area contributed by atoms with Crippen molar-refractivity contribution in [2.45, 2.75) is 25.4 Å². The van der Waals surface area contributed by atoms with E-state index in [1.165, 1.54) is 0 Å². The number of benzene rings is 2. The molecule has 4 rings (SSSR count). The fourth-order valence-electron chi connectivity index (χ4n) is 3.51. The number of pyridine rings is 1. The number of amides is 1. The summed E-state index contributed by atoms with van der Waals surface area (Å²) < 4.78 is 67.3. The van der Waals surface area contributed by atoms with Gasteiger partial charge in [-0.25, -0.2) is 9.36 Å². The number of carboxylic acid groups (broad SMARTS) is 2. The first kappa shape index (κ1) is 34.8. The quantitative estimate of drug-likeness (QED) is 0.111. The molecule has 0 saturated carbocycles. The van der Waals surface area contributed by atoms with Crippen molar-refractivity contribution in [1.82, 2.24) is 9.88 Å². The summed E-state index contributed by atoms with van der Waals surface area (Å²) in [5.74, 6) is -5.86. The molecule has 0 aliphatic heterocycles. The summed E-state index contributed by atoms with van der Waals surface area (Å²) in [6, 6.07) is 21.4. The van der Waals surface area contributed by atoms with Gasteiger partial charge in [0.2, 0.25) is 0 Å². The molecule has 0 aliphatic carbocycles. The van der Waals surface area contributed by atoms with Crippen LogP contribution in [0.1, 0.15) is 27.2 Å². The largest absolute Gasteiger partial charge is 0.542 e. The van der Waals surface area contributed by atoms with E-state index in [0.29, 0.717) is 24.3 Å². The second-order valence-corrected chi connectivity index (χ2v) is 8.93. The number of alkyl halides is 6. The summed E-state index contributed by atoms with van der Waals surface area (Å²) in [6.45, 7) is 0.972. The molecule has 0 fully saturated rings. The van der Waals surface area contributed by atoms with Crippen LogP contribution in [0.25, 0.3) is 10.9 Å². The molecule has 0 unspecified atom stereocenters. The van der Waals surface area contributed by atoms with Crippen LogP contribution in [0.2, 0.25) is 0 Å². The van der Waals surface area contributed by atoms with Gasteiger partial charge in [-0.05, 0) is 29.3 Å². The van der Waals surface area contributed by atoms with Crippen molar-refractivity contribution in [3.8, 4) is 0 Å². The average Bonchev–Trinajstić information content (AvgIpc) is 3.30. The molecule has 1 amide bonds. The smallest absolute Gasteiger partial charge is 0.490 e. The van der Waals surface area contributed by atoms with Crippen LogP contribution < -0.4 is 20.7 Å². The number of para-hydroxylation sites is 1. The predicted molar refractivity (Wildman–Crippen MR) is 142 cm³/mol. The molecule has 16 heteroatoms. The van der Waals surface area contributed by atoms with E-state index in [4.69, 9.17) is 30.9 Å². The van der Waals surface area contributed by atoms with Crippen molar-refractivity contribution < 1.29 is 55.5 Å². The number of aromatic nitrogens is 2. The van der Waals surface area contributed by atoms with Gasteiger partial charge >= 0.3 is 18.3 Å². The number of carbonyl (C=O) groups is 3. The Labute approximate surface area is 245 Å². The van der Waals surface area contributed by atoms with Crippen LogP contribution in [0, 0.1) is 5.41 Å². The number of carboxylic acids is 2. The molecule has 2 aromatic carbocycles. The Morgan fingerprint density at radius 1 is 0.932 bits per heavy atom. The fourth-order valence-corrected chi connectivity index (χ4v) is 3.51. The van der Waals surface area contributed by atoms with E-state index < -0.39 is 24.3 Å². The van der Waals surface area contributed by atoms with Crippen LogP contribution in [0.4, 0.5) is 26.3 Å². The molecule has 0 radical (unpaired) electrons. The molecule has 234 valence electrons. The first-order valence-corrected chi connectivity index (χ1v) is 12.2. The number of nitrogen functional groups attached to an aromatic ring is 1. The first-order chi connectivity index (χ1) is 20.4. The van der Waals surface area contributed by atoms with Gasteiger partial charge in [0.25, 0.3) is 5.91 Å². The monoisotopic (exact) mass is 625 g/mol. The van der Waals surface area contributed by atoms with E-state index in [9.17, 15) is 31.1 Å². The van der Waals surface area contributed by atoms with E-state index in [-0.39, 0.29) is 11.7 Å². The number of nitrogens with one attached hydrogen (secondary N) is 2. The predicted octanol–water partition coefficient (Wildman–Crippen LogP) is 2.66. The van der Waals surface area contributed by atoms with Gasteiger partial charge < -0.3 is 30.6 Å². The average molecular weight is 626 g/mol. The Morgan fingerprint density at radius 2 is 1.50 bits per heavy atom. The lowest BCUT2D eigenvalue weighted by atomic mass is 10.1. The summed E-state index contributed by atoms with van der Waals surface area (Å²) >= 11 is 0. The topological polar surface area (TPSA) is 165 Å². The summed E-state index contributed by atoms with van der Waals surface area (Å²) in [5, 5.41) is 27.6. The Hall–Kier alpha value is -5.41. The summed E-state index contributed by atoms with van der Waals surface area (Å²) in [5.41, 5.74) is 9.92. The second kappa shape index (κ2) is 14.7. The summed E-state index contributed by atoms with van der Waals surface area (Å²) in [6.07, 6.45) is -6.36. The third kappa shape index (κ3) is 10.5. The van der Waals surface area contributed by atoms with Gasteiger partial charge in [-0.3, -0.25) is 10.2 Å². The summed E-state index contributed by atoms with van der Waals surface area (Å²) in [4.78, 5) is 30.7. The molecule has 2 heterocycles. The van der Waals surface area contributed by atoms with Gasteiger partial charge in [-0.15, -0.1) is 0 Å². The third-order valence-electron chi connectivity index (χ3n) is 5.60. The van der Waals surface area contributed by atoms with Gasteiger partial charge in [-0.2, -0.15) is 26.3 Å². The number of nitrogens with zero attached hydrogens (tertiary/aromatic N) is 2. The van der Waals surface area contributed by atoms with Crippen LogP contribution in [0.3, 0.4) is 0 Å². The molecular weight excluding hydrogens is 600 g/mol. The molecule has 10 nitrogen and oxygen atoms in total.